The lowest BCUT2D eigenvalue weighted by atomic mass is 9.78. The van der Waals surface area contributed by atoms with Crippen molar-refractivity contribution in [3.05, 3.63) is 132 Å². The van der Waals surface area contributed by atoms with Gasteiger partial charge >= 0.3 is 0 Å². The van der Waals surface area contributed by atoms with Crippen LogP contribution in [0.25, 0.3) is 0 Å². The van der Waals surface area contributed by atoms with Crippen LogP contribution in [0.3, 0.4) is 0 Å². The SMILES string of the molecule is O=C(c1ccccc1)[C@@]12CN(S(=O)(=O)c3ccccc3)C[C@@H]1[C@@H](c1ccccc1)N(c1ccccc1)O2. The van der Waals surface area contributed by atoms with Crippen LogP contribution < -0.4 is 5.06 Å². The molecule has 0 N–H and O–H groups in total. The summed E-state index contributed by atoms with van der Waals surface area (Å²) in [6.45, 7) is 0.0774. The Morgan fingerprint density at radius 2 is 1.30 bits per heavy atom. The molecule has 6 rings (SSSR count). The monoisotopic (exact) mass is 510 g/mol. The smallest absolute Gasteiger partial charge is 0.243 e. The van der Waals surface area contributed by atoms with Crippen LogP contribution in [-0.4, -0.2) is 37.2 Å². The van der Waals surface area contributed by atoms with Crippen molar-refractivity contribution in [3.8, 4) is 0 Å². The van der Waals surface area contributed by atoms with E-state index in [1.165, 1.54) is 4.31 Å². The molecular weight excluding hydrogens is 484 g/mol. The molecule has 2 saturated heterocycles. The number of benzene rings is 4. The van der Waals surface area contributed by atoms with Gasteiger partial charge in [0.25, 0.3) is 0 Å². The van der Waals surface area contributed by atoms with Gasteiger partial charge in [-0.15, -0.1) is 0 Å². The highest BCUT2D eigenvalue weighted by atomic mass is 32.2. The Hall–Kier alpha value is -3.78. The summed E-state index contributed by atoms with van der Waals surface area (Å²) in [7, 11) is -3.84. The number of hydrogen-bond acceptors (Lipinski definition) is 5. The largest absolute Gasteiger partial charge is 0.291 e. The summed E-state index contributed by atoms with van der Waals surface area (Å²) >= 11 is 0. The third-order valence-corrected chi connectivity index (χ3v) is 9.08. The van der Waals surface area contributed by atoms with Crippen molar-refractivity contribution >= 4 is 21.5 Å². The quantitative estimate of drug-likeness (QED) is 0.337. The zero-order valence-electron chi connectivity index (χ0n) is 20.1. The van der Waals surface area contributed by atoms with Crippen LogP contribution in [0.4, 0.5) is 5.69 Å². The molecule has 0 unspecified atom stereocenters. The number of sulfonamides is 1. The van der Waals surface area contributed by atoms with Crippen molar-refractivity contribution in [2.75, 3.05) is 18.2 Å². The van der Waals surface area contributed by atoms with E-state index in [0.717, 1.165) is 11.3 Å². The lowest BCUT2D eigenvalue weighted by Gasteiger charge is -2.30. The molecule has 6 nitrogen and oxygen atoms in total. The normalized spacial score (nSPS) is 23.6. The minimum Gasteiger partial charge on any atom is -0.291 e. The van der Waals surface area contributed by atoms with Crippen LogP contribution >= 0.6 is 0 Å². The molecular formula is C30H26N2O4S. The van der Waals surface area contributed by atoms with E-state index >= 15 is 0 Å². The molecule has 4 aromatic rings. The van der Waals surface area contributed by atoms with Crippen molar-refractivity contribution in [3.63, 3.8) is 0 Å². The molecule has 0 aliphatic carbocycles. The van der Waals surface area contributed by atoms with E-state index in [0.29, 0.717) is 5.56 Å². The molecule has 0 spiro atoms. The van der Waals surface area contributed by atoms with Crippen LogP contribution in [0.5, 0.6) is 0 Å². The topological polar surface area (TPSA) is 66.9 Å². The van der Waals surface area contributed by atoms with Gasteiger partial charge in [0.1, 0.15) is 0 Å². The van der Waals surface area contributed by atoms with E-state index in [9.17, 15) is 13.2 Å². The van der Waals surface area contributed by atoms with E-state index in [1.54, 1.807) is 47.5 Å². The number of para-hydroxylation sites is 1. The number of hydrogen-bond donors (Lipinski definition) is 0. The zero-order chi connectivity index (χ0) is 25.5. The summed E-state index contributed by atoms with van der Waals surface area (Å²) in [6, 6.07) is 36.5. The first-order chi connectivity index (χ1) is 18.0. The van der Waals surface area contributed by atoms with E-state index in [-0.39, 0.29) is 29.8 Å². The fourth-order valence-corrected chi connectivity index (χ4v) is 7.02. The zero-order valence-corrected chi connectivity index (χ0v) is 20.9. The fraction of sp³-hybridized carbons (Fsp3) is 0.167. The second-order valence-corrected chi connectivity index (χ2v) is 11.3. The Morgan fingerprint density at radius 1 is 0.757 bits per heavy atom. The number of anilines is 1. The fourth-order valence-electron chi connectivity index (χ4n) is 5.50. The highest BCUT2D eigenvalue weighted by Gasteiger charge is 2.65. The Morgan fingerprint density at radius 3 is 1.92 bits per heavy atom. The summed E-state index contributed by atoms with van der Waals surface area (Å²) in [5, 5.41) is 1.80. The van der Waals surface area contributed by atoms with Crippen LogP contribution in [-0.2, 0) is 14.9 Å². The molecule has 186 valence electrons. The number of Topliss-reactive ketones (excluding diaryl/α,β-unsaturated/α-hetero) is 1. The average Bonchev–Trinajstić information content (AvgIpc) is 3.50. The van der Waals surface area contributed by atoms with Gasteiger partial charge in [0.2, 0.25) is 10.0 Å². The number of carbonyl (C=O) groups is 1. The summed E-state index contributed by atoms with van der Waals surface area (Å²) in [6.07, 6.45) is 0. The lowest BCUT2D eigenvalue weighted by molar-refractivity contribution is -0.00392. The first-order valence-electron chi connectivity index (χ1n) is 12.2. The minimum atomic E-state index is -3.84. The van der Waals surface area contributed by atoms with E-state index < -0.39 is 21.5 Å². The third-order valence-electron chi connectivity index (χ3n) is 7.26. The molecule has 2 heterocycles. The molecule has 37 heavy (non-hydrogen) atoms. The first kappa shape index (κ1) is 23.6. The molecule has 7 heteroatoms. The molecule has 0 amide bonds. The van der Waals surface area contributed by atoms with Gasteiger partial charge in [0.15, 0.2) is 11.4 Å². The average molecular weight is 511 g/mol. The molecule has 0 saturated carbocycles. The summed E-state index contributed by atoms with van der Waals surface area (Å²) in [5.41, 5.74) is 0.870. The van der Waals surface area contributed by atoms with Gasteiger partial charge in [0.05, 0.1) is 23.2 Å². The predicted molar refractivity (Wildman–Crippen MR) is 141 cm³/mol. The number of fused-ring (bicyclic) bond motifs is 1. The Kier molecular flexibility index (Phi) is 5.91. The number of hydroxylamine groups is 1. The van der Waals surface area contributed by atoms with Crippen molar-refractivity contribution < 1.29 is 18.0 Å². The maximum absolute atomic E-state index is 14.2. The van der Waals surface area contributed by atoms with Gasteiger partial charge in [-0.25, -0.2) is 13.5 Å². The molecule has 0 aromatic heterocycles. The summed E-state index contributed by atoms with van der Waals surface area (Å²) in [4.78, 5) is 21.1. The van der Waals surface area contributed by atoms with Crippen molar-refractivity contribution in [2.45, 2.75) is 16.5 Å². The minimum absolute atomic E-state index is 0.0741. The molecule has 3 atom stereocenters. The molecule has 2 aliphatic heterocycles. The van der Waals surface area contributed by atoms with E-state index in [1.807, 2.05) is 78.9 Å². The number of ketones is 1. The van der Waals surface area contributed by atoms with Crippen LogP contribution in [0.1, 0.15) is 22.0 Å². The Bertz CT molecular complexity index is 1500. The molecule has 0 radical (unpaired) electrons. The number of nitrogens with zero attached hydrogens (tertiary/aromatic N) is 2. The highest BCUT2D eigenvalue weighted by molar-refractivity contribution is 7.89. The second-order valence-electron chi connectivity index (χ2n) is 9.41. The van der Waals surface area contributed by atoms with Gasteiger partial charge < -0.3 is 0 Å². The first-order valence-corrected chi connectivity index (χ1v) is 13.7. The molecule has 4 aromatic carbocycles. The maximum Gasteiger partial charge on any atom is 0.243 e. The Balaban J connectivity index is 1.50. The summed E-state index contributed by atoms with van der Waals surface area (Å²) < 4.78 is 28.8. The van der Waals surface area contributed by atoms with Crippen LogP contribution in [0.15, 0.2) is 126 Å². The van der Waals surface area contributed by atoms with Gasteiger partial charge in [-0.3, -0.25) is 9.63 Å². The number of carbonyl (C=O) groups excluding carboxylic acids is 1. The summed E-state index contributed by atoms with van der Waals surface area (Å²) in [5.74, 6) is -0.662. The maximum atomic E-state index is 14.2. The van der Waals surface area contributed by atoms with Gasteiger partial charge in [-0.05, 0) is 29.8 Å². The lowest BCUT2D eigenvalue weighted by Crippen LogP contribution is -2.47. The third kappa shape index (κ3) is 3.96. The van der Waals surface area contributed by atoms with Crippen molar-refractivity contribution in [1.29, 1.82) is 0 Å². The van der Waals surface area contributed by atoms with Crippen molar-refractivity contribution in [2.24, 2.45) is 5.92 Å². The predicted octanol–water partition coefficient (Wildman–Crippen LogP) is 5.12. The van der Waals surface area contributed by atoms with Crippen LogP contribution in [0, 0.1) is 5.92 Å². The second kappa shape index (κ2) is 9.27. The highest BCUT2D eigenvalue weighted by Crippen LogP contribution is 2.53. The Labute approximate surface area is 216 Å². The van der Waals surface area contributed by atoms with Gasteiger partial charge in [-0.2, -0.15) is 4.31 Å². The van der Waals surface area contributed by atoms with Gasteiger partial charge in [0, 0.05) is 18.0 Å². The van der Waals surface area contributed by atoms with Crippen molar-refractivity contribution in [1.82, 2.24) is 4.31 Å². The van der Waals surface area contributed by atoms with E-state index in [2.05, 4.69) is 0 Å². The molecule has 2 fully saturated rings. The standard InChI is InChI=1S/C30H26N2O4S/c33-29(24-15-7-2-8-16-24)30-22-31(37(34,35)26-19-11-4-12-20-26)21-27(30)28(23-13-5-1-6-14-23)32(36-30)25-17-9-3-10-18-25/h1-20,27-28H,21-22H2/t27-,28-,30-/m1/s1. The van der Waals surface area contributed by atoms with E-state index in [4.69, 9.17) is 4.84 Å². The van der Waals surface area contributed by atoms with Gasteiger partial charge in [-0.1, -0.05) is 97.1 Å². The number of rotatable bonds is 6. The van der Waals surface area contributed by atoms with Crippen LogP contribution in [0.2, 0.25) is 0 Å². The molecule has 2 aliphatic rings. The molecule has 0 bridgehead atoms.